The van der Waals surface area contributed by atoms with Crippen LogP contribution < -0.4 is 10.1 Å². The van der Waals surface area contributed by atoms with E-state index in [4.69, 9.17) is 21.6 Å². The summed E-state index contributed by atoms with van der Waals surface area (Å²) < 4.78 is 5.73. The van der Waals surface area contributed by atoms with Gasteiger partial charge in [-0.2, -0.15) is 5.26 Å². The van der Waals surface area contributed by atoms with Crippen LogP contribution in [0.25, 0.3) is 0 Å². The number of fused-ring (bicyclic) bond motifs is 1. The number of nitrogens with one attached hydrogen (secondary N) is 1. The van der Waals surface area contributed by atoms with Crippen molar-refractivity contribution in [1.82, 2.24) is 5.32 Å². The first kappa shape index (κ1) is 14.6. The lowest BCUT2D eigenvalue weighted by atomic mass is 9.86. The van der Waals surface area contributed by atoms with E-state index in [1.165, 1.54) is 0 Å². The average Bonchev–Trinajstić information content (AvgIpc) is 2.43. The van der Waals surface area contributed by atoms with Gasteiger partial charge in [-0.1, -0.05) is 0 Å². The number of hydrogen-bond acceptors (Lipinski definition) is 4. The van der Waals surface area contributed by atoms with Gasteiger partial charge in [-0.05, 0) is 32.0 Å². The molecular formula is C14H15ClN2O3. The van der Waals surface area contributed by atoms with Crippen molar-refractivity contribution < 1.29 is 14.6 Å². The number of aliphatic hydroxyl groups is 1. The zero-order valence-corrected chi connectivity index (χ0v) is 11.9. The Morgan fingerprint density at radius 2 is 2.30 bits per heavy atom. The molecule has 0 bridgehead atoms. The van der Waals surface area contributed by atoms with Crippen molar-refractivity contribution in [1.29, 1.82) is 5.26 Å². The summed E-state index contributed by atoms with van der Waals surface area (Å²) in [6, 6.07) is 6.27. The molecule has 2 N–H and O–H groups in total. The molecule has 0 spiro atoms. The third-order valence-electron chi connectivity index (χ3n) is 3.31. The van der Waals surface area contributed by atoms with Crippen molar-refractivity contribution in [3.63, 3.8) is 0 Å². The zero-order valence-electron chi connectivity index (χ0n) is 11.2. The predicted octanol–water partition coefficient (Wildman–Crippen LogP) is 1.49. The maximum absolute atomic E-state index is 11.5. The minimum absolute atomic E-state index is 0.197. The van der Waals surface area contributed by atoms with Crippen molar-refractivity contribution in [3.05, 3.63) is 29.3 Å². The third kappa shape index (κ3) is 2.58. The number of nitriles is 1. The molecule has 1 aliphatic rings. The van der Waals surface area contributed by atoms with Gasteiger partial charge >= 0.3 is 0 Å². The molecule has 1 aromatic carbocycles. The first-order valence-corrected chi connectivity index (χ1v) is 6.69. The molecule has 1 amide bonds. The van der Waals surface area contributed by atoms with Crippen LogP contribution in [0.1, 0.15) is 31.0 Å². The summed E-state index contributed by atoms with van der Waals surface area (Å²) in [5.74, 6) is -0.0430. The van der Waals surface area contributed by atoms with Gasteiger partial charge in [0.2, 0.25) is 5.91 Å². The Labute approximate surface area is 122 Å². The molecule has 20 heavy (non-hydrogen) atoms. The van der Waals surface area contributed by atoms with Gasteiger partial charge in [0.05, 0.1) is 17.7 Å². The molecule has 1 aromatic rings. The van der Waals surface area contributed by atoms with Gasteiger partial charge in [-0.25, -0.2) is 0 Å². The van der Waals surface area contributed by atoms with E-state index in [0.29, 0.717) is 16.9 Å². The van der Waals surface area contributed by atoms with Crippen LogP contribution in [-0.4, -0.2) is 28.6 Å². The molecule has 106 valence electrons. The van der Waals surface area contributed by atoms with Crippen LogP contribution in [0.2, 0.25) is 0 Å². The van der Waals surface area contributed by atoms with Gasteiger partial charge in [-0.3, -0.25) is 4.79 Å². The van der Waals surface area contributed by atoms with Crippen LogP contribution in [-0.2, 0) is 4.79 Å². The maximum Gasteiger partial charge on any atom is 0.235 e. The Morgan fingerprint density at radius 1 is 1.60 bits per heavy atom. The lowest BCUT2D eigenvalue weighted by Crippen LogP contribution is -2.53. The lowest BCUT2D eigenvalue weighted by Gasteiger charge is -2.42. The molecule has 1 heterocycles. The maximum atomic E-state index is 11.5. The Bertz CT molecular complexity index is 580. The first-order valence-electron chi connectivity index (χ1n) is 6.15. The fraction of sp³-hybridized carbons (Fsp3) is 0.429. The molecule has 0 radical (unpaired) electrons. The highest BCUT2D eigenvalue weighted by Crippen LogP contribution is 2.40. The molecule has 1 aliphatic heterocycles. The highest BCUT2D eigenvalue weighted by molar-refractivity contribution is 6.27. The van der Waals surface area contributed by atoms with Crippen molar-refractivity contribution >= 4 is 17.5 Å². The second kappa shape index (κ2) is 5.31. The normalized spacial score (nSPS) is 23.1. The molecule has 0 unspecified atom stereocenters. The number of alkyl halides is 1. The number of amides is 1. The first-order chi connectivity index (χ1) is 9.39. The topological polar surface area (TPSA) is 82.3 Å². The van der Waals surface area contributed by atoms with E-state index >= 15 is 0 Å². The number of carbonyl (C=O) groups excluding carboxylic acids is 1. The van der Waals surface area contributed by atoms with Gasteiger partial charge in [0.15, 0.2) is 0 Å². The zero-order chi connectivity index (χ0) is 14.9. The second-order valence-electron chi connectivity index (χ2n) is 5.19. The average molecular weight is 295 g/mol. The highest BCUT2D eigenvalue weighted by atomic mass is 35.5. The van der Waals surface area contributed by atoms with Crippen LogP contribution in [0.5, 0.6) is 5.75 Å². The Morgan fingerprint density at radius 3 is 2.90 bits per heavy atom. The van der Waals surface area contributed by atoms with E-state index < -0.39 is 17.7 Å². The minimum Gasteiger partial charge on any atom is -0.485 e. The summed E-state index contributed by atoms with van der Waals surface area (Å²) in [7, 11) is 0. The number of benzene rings is 1. The predicted molar refractivity (Wildman–Crippen MR) is 73.5 cm³/mol. The van der Waals surface area contributed by atoms with Crippen LogP contribution in [0.15, 0.2) is 18.2 Å². The molecule has 6 heteroatoms. The quantitative estimate of drug-likeness (QED) is 0.810. The molecular weight excluding hydrogens is 280 g/mol. The lowest BCUT2D eigenvalue weighted by molar-refractivity contribution is -0.123. The summed E-state index contributed by atoms with van der Waals surface area (Å²) in [5.41, 5.74) is 0.157. The monoisotopic (exact) mass is 294 g/mol. The van der Waals surface area contributed by atoms with Gasteiger partial charge < -0.3 is 15.2 Å². The number of aliphatic hydroxyl groups excluding tert-OH is 1. The number of ether oxygens (including phenoxy) is 1. The van der Waals surface area contributed by atoms with Crippen LogP contribution in [0.4, 0.5) is 0 Å². The SMILES string of the molecule is CC1(C)Oc2ccc(C#N)cc2[C@H](NC(=O)CCl)[C@H]1O. The summed E-state index contributed by atoms with van der Waals surface area (Å²) >= 11 is 5.50. The van der Waals surface area contributed by atoms with Gasteiger partial charge in [0.1, 0.15) is 23.3 Å². The molecule has 0 saturated heterocycles. The van der Waals surface area contributed by atoms with E-state index in [9.17, 15) is 9.90 Å². The third-order valence-corrected chi connectivity index (χ3v) is 3.56. The van der Waals surface area contributed by atoms with E-state index in [0.717, 1.165) is 0 Å². The van der Waals surface area contributed by atoms with Crippen molar-refractivity contribution in [3.8, 4) is 11.8 Å². The number of halogens is 1. The van der Waals surface area contributed by atoms with E-state index in [2.05, 4.69) is 5.32 Å². The summed E-state index contributed by atoms with van der Waals surface area (Å²) in [4.78, 5) is 11.5. The fourth-order valence-electron chi connectivity index (χ4n) is 2.24. The van der Waals surface area contributed by atoms with Crippen molar-refractivity contribution in [2.75, 3.05) is 5.88 Å². The smallest absolute Gasteiger partial charge is 0.235 e. The Balaban J connectivity index is 2.48. The number of nitrogens with zero attached hydrogens (tertiary/aromatic N) is 1. The molecule has 2 atom stereocenters. The summed E-state index contributed by atoms with van der Waals surface area (Å²) in [5, 5.41) is 22.0. The van der Waals surface area contributed by atoms with Gasteiger partial charge in [0, 0.05) is 5.56 Å². The molecule has 0 aliphatic carbocycles. The summed E-state index contributed by atoms with van der Waals surface area (Å²) in [6.45, 7) is 3.47. The molecule has 5 nitrogen and oxygen atoms in total. The van der Waals surface area contributed by atoms with Crippen molar-refractivity contribution in [2.45, 2.75) is 31.6 Å². The van der Waals surface area contributed by atoms with Crippen LogP contribution in [0, 0.1) is 11.3 Å². The van der Waals surface area contributed by atoms with Gasteiger partial charge in [-0.15, -0.1) is 11.6 Å². The van der Waals surface area contributed by atoms with Crippen LogP contribution >= 0.6 is 11.6 Å². The fourth-order valence-corrected chi connectivity index (χ4v) is 2.32. The Hall–Kier alpha value is -1.77. The Kier molecular flexibility index (Phi) is 3.89. The molecule has 0 fully saturated rings. The number of hydrogen-bond donors (Lipinski definition) is 2. The minimum atomic E-state index is -0.948. The molecule has 0 aromatic heterocycles. The summed E-state index contributed by atoms with van der Waals surface area (Å²) in [6.07, 6.45) is -0.948. The van der Waals surface area contributed by atoms with E-state index in [1.807, 2.05) is 6.07 Å². The van der Waals surface area contributed by atoms with E-state index in [-0.39, 0.29) is 11.8 Å². The highest BCUT2D eigenvalue weighted by Gasteiger charge is 2.43. The van der Waals surface area contributed by atoms with Crippen LogP contribution in [0.3, 0.4) is 0 Å². The molecule has 0 saturated carbocycles. The van der Waals surface area contributed by atoms with Gasteiger partial charge in [0.25, 0.3) is 0 Å². The largest absolute Gasteiger partial charge is 0.485 e. The second-order valence-corrected chi connectivity index (χ2v) is 5.46. The van der Waals surface area contributed by atoms with Crippen molar-refractivity contribution in [2.24, 2.45) is 0 Å². The number of carbonyl (C=O) groups is 1. The number of rotatable bonds is 2. The molecule has 2 rings (SSSR count). The standard InChI is InChI=1S/C14H15ClN2O3/c1-14(2)13(19)12(17-11(18)6-15)9-5-8(7-16)3-4-10(9)20-14/h3-5,12-13,19H,6H2,1-2H3,(H,17,18)/t12-,13+/m0/s1. The van der Waals surface area contributed by atoms with E-state index in [1.54, 1.807) is 32.0 Å².